The van der Waals surface area contributed by atoms with E-state index >= 15 is 0 Å². The van der Waals surface area contributed by atoms with Gasteiger partial charge in [-0.15, -0.1) is 0 Å². The third-order valence-corrected chi connectivity index (χ3v) is 19.4. The largest absolute Gasteiger partial charge is 0.479 e. The lowest BCUT2D eigenvalue weighted by Gasteiger charge is -2.72. The van der Waals surface area contributed by atoms with Crippen LogP contribution < -0.4 is 0 Å². The smallest absolute Gasteiger partial charge is 0.335 e. The molecule has 0 aromatic carbocycles. The summed E-state index contributed by atoms with van der Waals surface area (Å²) in [7, 11) is 0. The predicted molar refractivity (Wildman–Crippen MR) is 232 cm³/mol. The number of hydrogen-bond acceptors (Lipinski definition) is 18. The Morgan fingerprint density at radius 3 is 1.87 bits per heavy atom. The minimum Gasteiger partial charge on any atom is -0.479 e. The Morgan fingerprint density at radius 2 is 1.25 bits per heavy atom. The highest BCUT2D eigenvalue weighted by molar-refractivity contribution is 5.73. The van der Waals surface area contributed by atoms with E-state index in [-0.39, 0.29) is 40.6 Å². The number of aliphatic hydroxyl groups is 11. The predicted octanol–water partition coefficient (Wildman–Crippen LogP) is -0.323. The molecule has 0 bridgehead atoms. The number of hydrogen-bond donors (Lipinski definition) is 12. The molecule has 5 aliphatic carbocycles. The van der Waals surface area contributed by atoms with E-state index in [4.69, 9.17) is 28.4 Å². The lowest BCUT2D eigenvalue weighted by Crippen LogP contribution is -2.68. The van der Waals surface area contributed by atoms with Crippen molar-refractivity contribution in [2.45, 2.75) is 211 Å². The van der Waals surface area contributed by atoms with E-state index in [0.29, 0.717) is 19.3 Å². The van der Waals surface area contributed by atoms with Crippen LogP contribution in [0.15, 0.2) is 11.6 Å². The molecular weight excluding hydrogens is 881 g/mol. The van der Waals surface area contributed by atoms with Gasteiger partial charge in [0.05, 0.1) is 32.0 Å². The van der Waals surface area contributed by atoms with Crippen LogP contribution in [-0.4, -0.2) is 191 Å². The first kappa shape index (κ1) is 51.9. The topological polar surface area (TPSA) is 315 Å². The normalized spacial score (nSPS) is 53.9. The first-order valence-corrected chi connectivity index (χ1v) is 24.4. The van der Waals surface area contributed by atoms with Gasteiger partial charge in [0.1, 0.15) is 67.1 Å². The molecule has 3 aliphatic heterocycles. The van der Waals surface area contributed by atoms with Crippen molar-refractivity contribution in [3.8, 4) is 0 Å². The summed E-state index contributed by atoms with van der Waals surface area (Å²) in [6, 6.07) is 0. The van der Waals surface area contributed by atoms with E-state index in [1.165, 1.54) is 5.57 Å². The molecule has 19 heteroatoms. The zero-order valence-electron chi connectivity index (χ0n) is 39.8. The molecule has 4 saturated carbocycles. The molecule has 0 spiro atoms. The lowest BCUT2D eigenvalue weighted by atomic mass is 9.33. The average molecular weight is 959 g/mol. The van der Waals surface area contributed by atoms with E-state index in [0.717, 1.165) is 38.5 Å². The van der Waals surface area contributed by atoms with Crippen molar-refractivity contribution < 1.29 is 94.5 Å². The highest BCUT2D eigenvalue weighted by Gasteiger charge is 2.70. The molecule has 7 fully saturated rings. The number of rotatable bonds is 10. The molecule has 0 radical (unpaired) electrons. The second kappa shape index (κ2) is 18.2. The van der Waals surface area contributed by atoms with Crippen LogP contribution in [0.4, 0.5) is 0 Å². The Bertz CT molecular complexity index is 1830. The fourth-order valence-corrected chi connectivity index (χ4v) is 15.2. The third kappa shape index (κ3) is 8.19. The van der Waals surface area contributed by atoms with Gasteiger partial charge in [-0.1, -0.05) is 60.1 Å². The second-order valence-corrected chi connectivity index (χ2v) is 23.7. The van der Waals surface area contributed by atoms with Crippen molar-refractivity contribution >= 4 is 5.97 Å². The number of carboxylic acids is 1. The number of allylic oxidation sites excluding steroid dienone is 2. The van der Waals surface area contributed by atoms with Crippen LogP contribution >= 0.6 is 0 Å². The van der Waals surface area contributed by atoms with Crippen molar-refractivity contribution in [2.24, 2.45) is 50.2 Å². The Balaban J connectivity index is 1.03. The first-order chi connectivity index (χ1) is 31.2. The molecule has 0 aromatic heterocycles. The molecule has 0 amide bonds. The number of fused-ring (bicyclic) bond motifs is 7. The van der Waals surface area contributed by atoms with E-state index in [1.807, 2.05) is 0 Å². The van der Waals surface area contributed by atoms with Gasteiger partial charge in [0, 0.05) is 5.41 Å². The zero-order valence-corrected chi connectivity index (χ0v) is 39.8. The van der Waals surface area contributed by atoms with Gasteiger partial charge < -0.3 is 89.7 Å². The number of carboxylic acid groups (broad SMARTS) is 1. The van der Waals surface area contributed by atoms with Gasteiger partial charge >= 0.3 is 5.97 Å². The molecule has 0 aromatic rings. The number of carbonyl (C=O) groups is 1. The Morgan fingerprint density at radius 1 is 0.657 bits per heavy atom. The molecule has 67 heavy (non-hydrogen) atoms. The molecule has 19 nitrogen and oxygen atoms in total. The molecule has 3 saturated heterocycles. The van der Waals surface area contributed by atoms with Gasteiger partial charge in [0.15, 0.2) is 25.0 Å². The summed E-state index contributed by atoms with van der Waals surface area (Å²) in [5.74, 6) is -1.35. The molecule has 12 N–H and O–H groups in total. The zero-order chi connectivity index (χ0) is 49.1. The van der Waals surface area contributed by atoms with Crippen molar-refractivity contribution in [3.63, 3.8) is 0 Å². The van der Waals surface area contributed by atoms with Gasteiger partial charge in [-0.3, -0.25) is 0 Å². The monoisotopic (exact) mass is 959 g/mol. The van der Waals surface area contributed by atoms with E-state index in [2.05, 4.69) is 54.5 Å². The number of ether oxygens (including phenoxy) is 6. The maximum atomic E-state index is 12.7. The molecule has 384 valence electrons. The minimum atomic E-state index is -1.97. The number of aliphatic hydroxyl groups excluding tert-OH is 11. The molecule has 3 heterocycles. The van der Waals surface area contributed by atoms with Crippen LogP contribution in [-0.2, 0) is 33.2 Å². The fourth-order valence-electron chi connectivity index (χ4n) is 15.2. The third-order valence-electron chi connectivity index (χ3n) is 19.4. The van der Waals surface area contributed by atoms with Crippen molar-refractivity contribution in [1.82, 2.24) is 0 Å². The molecule has 24 unspecified atom stereocenters. The van der Waals surface area contributed by atoms with Crippen molar-refractivity contribution in [1.29, 1.82) is 0 Å². The standard InChI is InChI=1S/C48H78O19/c1-43(2)14-15-48(20-62-40-33(56)31(54)29(52)23(18-49)63-40)22(16-43)21-8-9-26-45(5)12-11-28(44(3,4)25(45)10-13-46(26,6)47(21,7)17-27(48)51)65-42-36(59)37(35(58)38(67-42)39(60)61)66-41-34(57)32(55)30(53)24(19-50)64-41/h8,22-38,40-42,49-59H,9-20H2,1-7H3,(H,60,61). The Kier molecular flexibility index (Phi) is 14.1. The van der Waals surface area contributed by atoms with Gasteiger partial charge in [-0.2, -0.15) is 0 Å². The molecule has 8 aliphatic rings. The van der Waals surface area contributed by atoms with Crippen LogP contribution in [0.25, 0.3) is 0 Å². The summed E-state index contributed by atoms with van der Waals surface area (Å²) in [5, 5.41) is 128. The molecule has 24 atom stereocenters. The lowest BCUT2D eigenvalue weighted by molar-refractivity contribution is -0.365. The SMILES string of the molecule is CC1(C)CCC2(COC3OC(CO)C(O)C(O)C3O)C(O)CC3(C)C(=CCC4C5(C)CCC(OC6OC(C(=O)O)C(O)C(OC7OC(CO)C(O)C(O)C7O)C6O)C(C)(C)C5CCC43C)C2C1. The summed E-state index contributed by atoms with van der Waals surface area (Å²) in [6.45, 7) is 14.5. The van der Waals surface area contributed by atoms with E-state index < -0.39 is 140 Å². The maximum Gasteiger partial charge on any atom is 0.335 e. The van der Waals surface area contributed by atoms with Crippen LogP contribution in [0, 0.1) is 50.2 Å². The highest BCUT2D eigenvalue weighted by Crippen LogP contribution is 2.76. The van der Waals surface area contributed by atoms with Crippen molar-refractivity contribution in [3.05, 3.63) is 11.6 Å². The van der Waals surface area contributed by atoms with Gasteiger partial charge in [0.25, 0.3) is 0 Å². The fraction of sp³-hybridized carbons (Fsp3) is 0.938. The average Bonchev–Trinajstić information content (AvgIpc) is 3.26. The van der Waals surface area contributed by atoms with Crippen LogP contribution in [0.2, 0.25) is 0 Å². The second-order valence-electron chi connectivity index (χ2n) is 23.7. The van der Waals surface area contributed by atoms with Crippen LogP contribution in [0.1, 0.15) is 106 Å². The molecule has 8 rings (SSSR count). The Labute approximate surface area is 392 Å². The van der Waals surface area contributed by atoms with Crippen LogP contribution in [0.5, 0.6) is 0 Å². The Hall–Kier alpha value is -1.47. The highest BCUT2D eigenvalue weighted by atomic mass is 16.7. The molecular formula is C48H78O19. The van der Waals surface area contributed by atoms with E-state index in [9.17, 15) is 66.1 Å². The maximum absolute atomic E-state index is 12.7. The summed E-state index contributed by atoms with van der Waals surface area (Å²) in [5.41, 5.74) is -0.874. The van der Waals surface area contributed by atoms with Crippen molar-refractivity contribution in [2.75, 3.05) is 19.8 Å². The van der Waals surface area contributed by atoms with Gasteiger partial charge in [-0.25, -0.2) is 4.79 Å². The summed E-state index contributed by atoms with van der Waals surface area (Å²) in [6.07, 6.45) is -17.1. The summed E-state index contributed by atoms with van der Waals surface area (Å²) < 4.78 is 35.7. The van der Waals surface area contributed by atoms with E-state index in [1.54, 1.807) is 0 Å². The summed E-state index contributed by atoms with van der Waals surface area (Å²) >= 11 is 0. The van der Waals surface area contributed by atoms with Crippen LogP contribution in [0.3, 0.4) is 0 Å². The summed E-state index contributed by atoms with van der Waals surface area (Å²) in [4.78, 5) is 12.4. The van der Waals surface area contributed by atoms with Gasteiger partial charge in [0.2, 0.25) is 0 Å². The minimum absolute atomic E-state index is 0.0375. The number of aliphatic carboxylic acids is 1. The van der Waals surface area contributed by atoms with Gasteiger partial charge in [-0.05, 0) is 103 Å². The quantitative estimate of drug-likeness (QED) is 0.0986. The first-order valence-electron chi connectivity index (χ1n) is 24.4.